The maximum absolute atomic E-state index is 9.38. The van der Waals surface area contributed by atoms with Crippen LogP contribution in [0.5, 0.6) is 0 Å². The maximum Gasteiger partial charge on any atom is 0.414 e. The number of hydrogen-bond acceptors (Lipinski definition) is 3. The number of aliphatic carboxylic acids is 2. The lowest BCUT2D eigenvalue weighted by molar-refractivity contribution is -0.159. The fourth-order valence-electron chi connectivity index (χ4n) is 1.53. The second kappa shape index (κ2) is 5.27. The molecule has 5 nitrogen and oxygen atoms in total. The van der Waals surface area contributed by atoms with Crippen LogP contribution in [-0.2, 0) is 16.0 Å². The van der Waals surface area contributed by atoms with E-state index in [1.54, 1.807) is 0 Å². The average Bonchev–Trinajstić information content (AvgIpc) is 2.62. The molecule has 0 saturated carbocycles. The quantitative estimate of drug-likeness (QED) is 0.567. The number of carboxylic acid groups (broad SMARTS) is 2. The number of aliphatic hydroxyl groups is 1. The van der Waals surface area contributed by atoms with Crippen LogP contribution in [0.3, 0.4) is 0 Å². The Labute approximate surface area is 92.0 Å². The van der Waals surface area contributed by atoms with E-state index in [-0.39, 0.29) is 6.10 Å². The van der Waals surface area contributed by atoms with E-state index in [1.807, 2.05) is 18.2 Å². The van der Waals surface area contributed by atoms with Gasteiger partial charge in [-0.3, -0.25) is 0 Å². The second-order valence-corrected chi connectivity index (χ2v) is 3.36. The van der Waals surface area contributed by atoms with Gasteiger partial charge in [0.05, 0.1) is 6.10 Å². The summed E-state index contributed by atoms with van der Waals surface area (Å²) in [6.45, 7) is 0. The Balaban J connectivity index is 0.000000187. The van der Waals surface area contributed by atoms with Crippen molar-refractivity contribution in [2.45, 2.75) is 18.9 Å². The highest BCUT2D eigenvalue weighted by Gasteiger charge is 2.18. The van der Waals surface area contributed by atoms with E-state index in [9.17, 15) is 5.11 Å². The van der Waals surface area contributed by atoms with Gasteiger partial charge in [0.2, 0.25) is 0 Å². The Kier molecular flexibility index (Phi) is 4.02. The molecule has 0 aromatic heterocycles. The van der Waals surface area contributed by atoms with Crippen molar-refractivity contribution in [3.63, 3.8) is 0 Å². The van der Waals surface area contributed by atoms with E-state index in [0.29, 0.717) is 0 Å². The minimum atomic E-state index is -1.82. The molecular formula is C11H12O5. The zero-order chi connectivity index (χ0) is 12.1. The van der Waals surface area contributed by atoms with E-state index in [2.05, 4.69) is 6.07 Å². The van der Waals surface area contributed by atoms with Gasteiger partial charge in [-0.2, -0.15) is 0 Å². The molecule has 0 aliphatic heterocycles. The molecule has 5 heteroatoms. The molecule has 1 aliphatic rings. The van der Waals surface area contributed by atoms with E-state index in [4.69, 9.17) is 19.8 Å². The summed E-state index contributed by atoms with van der Waals surface area (Å²) in [4.78, 5) is 18.2. The summed E-state index contributed by atoms with van der Waals surface area (Å²) in [6.07, 6.45) is 1.74. The number of rotatable bonds is 0. The maximum atomic E-state index is 9.38. The number of carbonyl (C=O) groups is 2. The lowest BCUT2D eigenvalue weighted by atomic mass is 10.1. The topological polar surface area (TPSA) is 94.8 Å². The number of fused-ring (bicyclic) bond motifs is 1. The largest absolute Gasteiger partial charge is 0.473 e. The predicted octanol–water partition coefficient (Wildman–Crippen LogP) is 0.822. The van der Waals surface area contributed by atoms with Crippen LogP contribution in [0.25, 0.3) is 0 Å². The third kappa shape index (κ3) is 3.06. The Hall–Kier alpha value is -1.88. The van der Waals surface area contributed by atoms with Crippen LogP contribution in [0.4, 0.5) is 0 Å². The molecule has 86 valence electrons. The molecule has 1 aromatic rings. The Morgan fingerprint density at radius 3 is 2.19 bits per heavy atom. The van der Waals surface area contributed by atoms with Gasteiger partial charge >= 0.3 is 11.9 Å². The van der Waals surface area contributed by atoms with Crippen molar-refractivity contribution in [1.29, 1.82) is 0 Å². The van der Waals surface area contributed by atoms with Crippen LogP contribution in [0.2, 0.25) is 0 Å². The summed E-state index contributed by atoms with van der Waals surface area (Å²) in [5, 5.41) is 24.2. The second-order valence-electron chi connectivity index (χ2n) is 3.36. The van der Waals surface area contributed by atoms with Crippen LogP contribution >= 0.6 is 0 Å². The molecular weight excluding hydrogens is 212 g/mol. The first kappa shape index (κ1) is 12.2. The SMILES string of the molecule is O=C(O)C(=O)O.OC1CCc2ccccc21. The van der Waals surface area contributed by atoms with Crippen molar-refractivity contribution in [3.8, 4) is 0 Å². The number of aryl methyl sites for hydroxylation is 1. The van der Waals surface area contributed by atoms with Crippen molar-refractivity contribution >= 4 is 11.9 Å². The van der Waals surface area contributed by atoms with Gasteiger partial charge in [0.25, 0.3) is 0 Å². The Morgan fingerprint density at radius 1 is 1.12 bits per heavy atom. The van der Waals surface area contributed by atoms with Crippen LogP contribution in [0, 0.1) is 0 Å². The van der Waals surface area contributed by atoms with Gasteiger partial charge in [0.15, 0.2) is 0 Å². The molecule has 0 spiro atoms. The lowest BCUT2D eigenvalue weighted by Gasteiger charge is -2.00. The van der Waals surface area contributed by atoms with Crippen LogP contribution in [0.15, 0.2) is 24.3 Å². The summed E-state index contributed by atoms with van der Waals surface area (Å²) in [5.41, 5.74) is 2.44. The molecule has 0 fully saturated rings. The number of benzene rings is 1. The molecule has 1 atom stereocenters. The minimum Gasteiger partial charge on any atom is -0.473 e. The van der Waals surface area contributed by atoms with E-state index >= 15 is 0 Å². The fraction of sp³-hybridized carbons (Fsp3) is 0.273. The molecule has 1 aliphatic carbocycles. The molecule has 1 aromatic carbocycles. The summed E-state index contributed by atoms with van der Waals surface area (Å²) in [5.74, 6) is -3.65. The summed E-state index contributed by atoms with van der Waals surface area (Å²) in [6, 6.07) is 8.10. The minimum absolute atomic E-state index is 0.198. The first-order valence-electron chi connectivity index (χ1n) is 4.74. The molecule has 3 N–H and O–H groups in total. The van der Waals surface area contributed by atoms with Gasteiger partial charge in [0.1, 0.15) is 0 Å². The van der Waals surface area contributed by atoms with Gasteiger partial charge in [-0.1, -0.05) is 24.3 Å². The first-order valence-corrected chi connectivity index (χ1v) is 4.74. The van der Waals surface area contributed by atoms with Gasteiger partial charge in [-0.25, -0.2) is 9.59 Å². The van der Waals surface area contributed by atoms with Crippen LogP contribution < -0.4 is 0 Å². The van der Waals surface area contributed by atoms with Crippen molar-refractivity contribution in [2.75, 3.05) is 0 Å². The third-order valence-electron chi connectivity index (χ3n) is 2.28. The Bertz CT molecular complexity index is 387. The van der Waals surface area contributed by atoms with E-state index < -0.39 is 11.9 Å². The molecule has 0 heterocycles. The first-order chi connectivity index (χ1) is 7.52. The molecule has 2 rings (SSSR count). The Morgan fingerprint density at radius 2 is 1.69 bits per heavy atom. The zero-order valence-corrected chi connectivity index (χ0v) is 8.46. The van der Waals surface area contributed by atoms with Crippen molar-refractivity contribution < 1.29 is 24.9 Å². The summed E-state index contributed by atoms with van der Waals surface area (Å²) in [7, 11) is 0. The average molecular weight is 224 g/mol. The van der Waals surface area contributed by atoms with Gasteiger partial charge in [-0.15, -0.1) is 0 Å². The van der Waals surface area contributed by atoms with E-state index in [1.165, 1.54) is 5.56 Å². The fourth-order valence-corrected chi connectivity index (χ4v) is 1.53. The predicted molar refractivity (Wildman–Crippen MR) is 55.0 cm³/mol. The normalized spacial score (nSPS) is 16.9. The molecule has 0 radical (unpaired) electrons. The van der Waals surface area contributed by atoms with Crippen molar-refractivity contribution in [3.05, 3.63) is 35.4 Å². The van der Waals surface area contributed by atoms with Gasteiger partial charge in [-0.05, 0) is 24.0 Å². The zero-order valence-electron chi connectivity index (χ0n) is 8.46. The number of carboxylic acids is 2. The van der Waals surface area contributed by atoms with Crippen molar-refractivity contribution in [2.24, 2.45) is 0 Å². The monoisotopic (exact) mass is 224 g/mol. The highest BCUT2D eigenvalue weighted by atomic mass is 16.4. The lowest BCUT2D eigenvalue weighted by Crippen LogP contribution is -2.09. The number of aliphatic hydroxyl groups excluding tert-OH is 1. The summed E-state index contributed by atoms with van der Waals surface area (Å²) >= 11 is 0. The highest BCUT2D eigenvalue weighted by molar-refractivity contribution is 6.27. The van der Waals surface area contributed by atoms with E-state index in [0.717, 1.165) is 18.4 Å². The molecule has 16 heavy (non-hydrogen) atoms. The number of hydrogen-bond donors (Lipinski definition) is 3. The van der Waals surface area contributed by atoms with Gasteiger partial charge < -0.3 is 15.3 Å². The van der Waals surface area contributed by atoms with Crippen molar-refractivity contribution in [1.82, 2.24) is 0 Å². The smallest absolute Gasteiger partial charge is 0.414 e. The third-order valence-corrected chi connectivity index (χ3v) is 2.28. The molecule has 1 unspecified atom stereocenters. The molecule has 0 bridgehead atoms. The summed E-state index contributed by atoms with van der Waals surface area (Å²) < 4.78 is 0. The van der Waals surface area contributed by atoms with Gasteiger partial charge in [0, 0.05) is 0 Å². The standard InChI is InChI=1S/C9H10O.C2H2O4/c10-9-6-5-7-3-1-2-4-8(7)9;3-1(4)2(5)6/h1-4,9-10H,5-6H2;(H,3,4)(H,5,6). The van der Waals surface area contributed by atoms with Crippen LogP contribution in [0.1, 0.15) is 23.7 Å². The van der Waals surface area contributed by atoms with Crippen LogP contribution in [-0.4, -0.2) is 27.3 Å². The molecule has 0 saturated heterocycles. The molecule has 0 amide bonds. The highest BCUT2D eigenvalue weighted by Crippen LogP contribution is 2.29.